The molecule has 0 saturated carbocycles. The van der Waals surface area contributed by atoms with E-state index in [4.69, 9.17) is 23.2 Å². The van der Waals surface area contributed by atoms with Crippen molar-refractivity contribution in [3.05, 3.63) is 63.6 Å². The standard InChI is InChI=1S/C27H37Cl2N3O4S/c1-6-24(27(34)30-17-19(2)3)31(18-21-22(28)12-9-13-23(21)29)26(33)15-10-16-32(37(5,35)36)25-14-8-7-11-20(25)4/h7-9,11-14,19,24H,6,10,15-18H2,1-5H3,(H,30,34)/t24-/m0/s1. The van der Waals surface area contributed by atoms with Gasteiger partial charge in [0.1, 0.15) is 6.04 Å². The lowest BCUT2D eigenvalue weighted by molar-refractivity contribution is -0.141. The third kappa shape index (κ3) is 8.90. The molecule has 10 heteroatoms. The monoisotopic (exact) mass is 569 g/mol. The lowest BCUT2D eigenvalue weighted by atomic mass is 10.1. The zero-order chi connectivity index (χ0) is 27.8. The van der Waals surface area contributed by atoms with Crippen LogP contribution in [0.15, 0.2) is 42.5 Å². The first-order valence-corrected chi connectivity index (χ1v) is 15.0. The number of rotatable bonds is 13. The van der Waals surface area contributed by atoms with E-state index < -0.39 is 16.1 Å². The van der Waals surface area contributed by atoms with Gasteiger partial charge in [-0.3, -0.25) is 13.9 Å². The highest BCUT2D eigenvalue weighted by atomic mass is 35.5. The number of amides is 2. The highest BCUT2D eigenvalue weighted by Crippen LogP contribution is 2.28. The van der Waals surface area contributed by atoms with Gasteiger partial charge >= 0.3 is 0 Å². The minimum atomic E-state index is -3.56. The van der Waals surface area contributed by atoms with Crippen molar-refractivity contribution >= 4 is 50.7 Å². The lowest BCUT2D eigenvalue weighted by Crippen LogP contribution is -2.49. The molecule has 0 spiro atoms. The molecule has 2 rings (SSSR count). The van der Waals surface area contributed by atoms with E-state index in [1.807, 2.05) is 39.8 Å². The summed E-state index contributed by atoms with van der Waals surface area (Å²) < 4.78 is 26.4. The number of hydrogen-bond donors (Lipinski definition) is 1. The molecule has 0 aliphatic carbocycles. The number of aryl methyl sites for hydroxylation is 1. The molecule has 7 nitrogen and oxygen atoms in total. The van der Waals surface area contributed by atoms with Gasteiger partial charge in [0.05, 0.1) is 11.9 Å². The van der Waals surface area contributed by atoms with Crippen molar-refractivity contribution in [2.24, 2.45) is 5.92 Å². The summed E-state index contributed by atoms with van der Waals surface area (Å²) in [5, 5.41) is 3.73. The molecule has 1 N–H and O–H groups in total. The molecule has 0 fully saturated rings. The smallest absolute Gasteiger partial charge is 0.242 e. The summed E-state index contributed by atoms with van der Waals surface area (Å²) in [6.07, 6.45) is 1.88. The summed E-state index contributed by atoms with van der Waals surface area (Å²) in [6, 6.07) is 11.6. The highest BCUT2D eigenvalue weighted by molar-refractivity contribution is 7.92. The summed E-state index contributed by atoms with van der Waals surface area (Å²) >= 11 is 12.8. The summed E-state index contributed by atoms with van der Waals surface area (Å²) in [7, 11) is -3.56. The fraction of sp³-hybridized carbons (Fsp3) is 0.481. The number of hydrogen-bond acceptors (Lipinski definition) is 4. The number of nitrogens with one attached hydrogen (secondary N) is 1. The van der Waals surface area contributed by atoms with Crippen LogP contribution in [0.3, 0.4) is 0 Å². The number of para-hydroxylation sites is 1. The van der Waals surface area contributed by atoms with Crippen LogP contribution in [0.4, 0.5) is 5.69 Å². The fourth-order valence-corrected chi connectivity index (χ4v) is 5.56. The van der Waals surface area contributed by atoms with Crippen LogP contribution >= 0.6 is 23.2 Å². The van der Waals surface area contributed by atoms with Gasteiger partial charge in [0.25, 0.3) is 0 Å². The Labute approximate surface area is 231 Å². The van der Waals surface area contributed by atoms with Crippen LogP contribution in [-0.2, 0) is 26.2 Å². The Morgan fingerprint density at radius 1 is 1.03 bits per heavy atom. The number of anilines is 1. The van der Waals surface area contributed by atoms with Crippen molar-refractivity contribution in [1.82, 2.24) is 10.2 Å². The lowest BCUT2D eigenvalue weighted by Gasteiger charge is -2.32. The van der Waals surface area contributed by atoms with E-state index in [-0.39, 0.29) is 43.7 Å². The Hall–Kier alpha value is -2.29. The van der Waals surface area contributed by atoms with Gasteiger partial charge < -0.3 is 10.2 Å². The summed E-state index contributed by atoms with van der Waals surface area (Å²) in [6.45, 7) is 8.37. The Morgan fingerprint density at radius 3 is 2.19 bits per heavy atom. The minimum Gasteiger partial charge on any atom is -0.354 e. The van der Waals surface area contributed by atoms with Crippen molar-refractivity contribution in [2.45, 2.75) is 59.5 Å². The van der Waals surface area contributed by atoms with Gasteiger partial charge in [-0.1, -0.05) is 68.2 Å². The van der Waals surface area contributed by atoms with Gasteiger partial charge in [-0.15, -0.1) is 0 Å². The molecule has 2 aromatic carbocycles. The van der Waals surface area contributed by atoms with Crippen LogP contribution in [0.1, 0.15) is 51.2 Å². The maximum absolute atomic E-state index is 13.5. The number of halogens is 2. The second-order valence-electron chi connectivity index (χ2n) is 9.51. The molecule has 1 atom stereocenters. The van der Waals surface area contributed by atoms with E-state index >= 15 is 0 Å². The predicted molar refractivity (Wildman–Crippen MR) is 152 cm³/mol. The second kappa shape index (κ2) is 14.0. The average molecular weight is 571 g/mol. The largest absolute Gasteiger partial charge is 0.354 e. The third-order valence-corrected chi connectivity index (χ3v) is 7.89. The highest BCUT2D eigenvalue weighted by Gasteiger charge is 2.30. The van der Waals surface area contributed by atoms with Gasteiger partial charge in [-0.05, 0) is 49.4 Å². The number of carbonyl (C=O) groups excluding carboxylic acids is 2. The molecule has 204 valence electrons. The van der Waals surface area contributed by atoms with Gasteiger partial charge in [0, 0.05) is 41.7 Å². The molecule has 0 radical (unpaired) electrons. The van der Waals surface area contributed by atoms with Crippen molar-refractivity contribution in [3.63, 3.8) is 0 Å². The molecule has 0 bridgehead atoms. The number of sulfonamides is 1. The van der Waals surface area contributed by atoms with E-state index in [0.29, 0.717) is 34.3 Å². The molecular weight excluding hydrogens is 533 g/mol. The van der Waals surface area contributed by atoms with E-state index in [2.05, 4.69) is 5.32 Å². The number of benzene rings is 2. The van der Waals surface area contributed by atoms with Crippen LogP contribution in [0.25, 0.3) is 0 Å². The van der Waals surface area contributed by atoms with Crippen molar-refractivity contribution in [1.29, 1.82) is 0 Å². The summed E-state index contributed by atoms with van der Waals surface area (Å²) in [5.41, 5.74) is 1.96. The number of carbonyl (C=O) groups is 2. The predicted octanol–water partition coefficient (Wildman–Crippen LogP) is 5.43. The quantitative estimate of drug-likeness (QED) is 0.348. The average Bonchev–Trinajstić information content (AvgIpc) is 2.82. The zero-order valence-electron chi connectivity index (χ0n) is 22.1. The summed E-state index contributed by atoms with van der Waals surface area (Å²) in [5.74, 6) is -0.266. The van der Waals surface area contributed by atoms with Crippen LogP contribution in [0.5, 0.6) is 0 Å². The Kier molecular flexibility index (Phi) is 11.7. The molecule has 37 heavy (non-hydrogen) atoms. The topological polar surface area (TPSA) is 86.8 Å². The van der Waals surface area contributed by atoms with Crippen molar-refractivity contribution in [3.8, 4) is 0 Å². The van der Waals surface area contributed by atoms with E-state index in [0.717, 1.165) is 11.8 Å². The molecule has 0 unspecified atom stereocenters. The third-order valence-electron chi connectivity index (χ3n) is 6.00. The Morgan fingerprint density at radius 2 is 1.65 bits per heavy atom. The molecular formula is C27H37Cl2N3O4S. The van der Waals surface area contributed by atoms with Crippen molar-refractivity contribution < 1.29 is 18.0 Å². The van der Waals surface area contributed by atoms with Gasteiger partial charge in [-0.2, -0.15) is 0 Å². The molecule has 0 aliphatic rings. The fourth-order valence-electron chi connectivity index (χ4n) is 4.02. The molecule has 2 aromatic rings. The van der Waals surface area contributed by atoms with E-state index in [9.17, 15) is 18.0 Å². The zero-order valence-corrected chi connectivity index (χ0v) is 24.5. The van der Waals surface area contributed by atoms with Gasteiger partial charge in [0.15, 0.2) is 0 Å². The SMILES string of the molecule is CC[C@@H](C(=O)NCC(C)C)N(Cc1c(Cl)cccc1Cl)C(=O)CCCN(c1ccccc1C)S(C)(=O)=O. The maximum atomic E-state index is 13.5. The Bertz CT molecular complexity index is 1170. The van der Waals surface area contributed by atoms with E-state index in [1.165, 1.54) is 9.21 Å². The minimum absolute atomic E-state index is 0.0495. The molecule has 2 amide bonds. The molecule has 0 heterocycles. The first-order valence-electron chi connectivity index (χ1n) is 12.4. The van der Waals surface area contributed by atoms with Crippen LogP contribution in [-0.4, -0.2) is 50.5 Å². The van der Waals surface area contributed by atoms with Crippen LogP contribution in [0, 0.1) is 12.8 Å². The second-order valence-corrected chi connectivity index (χ2v) is 12.2. The summed E-state index contributed by atoms with van der Waals surface area (Å²) in [4.78, 5) is 28.1. The molecule has 0 saturated heterocycles. The Balaban J connectivity index is 2.28. The van der Waals surface area contributed by atoms with Gasteiger partial charge in [0.2, 0.25) is 21.8 Å². The first kappa shape index (κ1) is 30.9. The van der Waals surface area contributed by atoms with Crippen LogP contribution < -0.4 is 9.62 Å². The normalized spacial score (nSPS) is 12.3. The molecule has 0 aromatic heterocycles. The van der Waals surface area contributed by atoms with Crippen molar-refractivity contribution in [2.75, 3.05) is 23.7 Å². The molecule has 0 aliphatic heterocycles. The van der Waals surface area contributed by atoms with Crippen LogP contribution in [0.2, 0.25) is 10.0 Å². The maximum Gasteiger partial charge on any atom is 0.242 e. The van der Waals surface area contributed by atoms with E-state index in [1.54, 1.807) is 30.3 Å². The number of nitrogens with zero attached hydrogens (tertiary/aromatic N) is 2. The van der Waals surface area contributed by atoms with Gasteiger partial charge in [-0.25, -0.2) is 8.42 Å². The first-order chi connectivity index (χ1) is 17.4.